The zero-order valence-electron chi connectivity index (χ0n) is 11.2. The van der Waals surface area contributed by atoms with E-state index in [9.17, 15) is 4.39 Å². The summed E-state index contributed by atoms with van der Waals surface area (Å²) in [6.45, 7) is 1.16. The molecule has 0 spiro atoms. The molecule has 0 bridgehead atoms. The van der Waals surface area contributed by atoms with Gasteiger partial charge in [0.1, 0.15) is 5.82 Å². The molecule has 1 nitrogen and oxygen atoms in total. The number of rotatable bonds is 5. The predicted molar refractivity (Wildman–Crippen MR) is 77.0 cm³/mol. The van der Waals surface area contributed by atoms with Crippen LogP contribution in [0.1, 0.15) is 37.7 Å². The lowest BCUT2D eigenvalue weighted by atomic mass is 9.89. The summed E-state index contributed by atoms with van der Waals surface area (Å²) in [5.74, 6) is 1.20. The third-order valence-electron chi connectivity index (χ3n) is 4.54. The summed E-state index contributed by atoms with van der Waals surface area (Å²) in [5, 5.41) is 3.90. The SMILES string of the molecule is Fc1ccc(CC2CCCC2CNC2CC2)cc1Cl. The Labute approximate surface area is 119 Å². The van der Waals surface area contributed by atoms with Crippen LogP contribution >= 0.6 is 11.6 Å². The third kappa shape index (κ3) is 3.49. The highest BCUT2D eigenvalue weighted by Crippen LogP contribution is 2.35. The van der Waals surface area contributed by atoms with Gasteiger partial charge in [0, 0.05) is 6.04 Å². The zero-order valence-corrected chi connectivity index (χ0v) is 11.9. The largest absolute Gasteiger partial charge is 0.314 e. The van der Waals surface area contributed by atoms with Crippen molar-refractivity contribution in [2.24, 2.45) is 11.8 Å². The summed E-state index contributed by atoms with van der Waals surface area (Å²) in [5.41, 5.74) is 1.18. The Morgan fingerprint density at radius 2 is 1.95 bits per heavy atom. The van der Waals surface area contributed by atoms with Gasteiger partial charge in [-0.05, 0) is 68.2 Å². The van der Waals surface area contributed by atoms with Gasteiger partial charge in [0.25, 0.3) is 0 Å². The highest BCUT2D eigenvalue weighted by atomic mass is 35.5. The van der Waals surface area contributed by atoms with Crippen LogP contribution in [-0.2, 0) is 6.42 Å². The molecular formula is C16H21ClFN. The molecule has 2 aliphatic carbocycles. The summed E-state index contributed by atoms with van der Waals surface area (Å²) < 4.78 is 13.2. The van der Waals surface area contributed by atoms with Gasteiger partial charge in [-0.3, -0.25) is 0 Å². The molecule has 1 N–H and O–H groups in total. The first-order valence-corrected chi connectivity index (χ1v) is 7.77. The normalized spacial score (nSPS) is 26.8. The molecule has 1 aromatic carbocycles. The van der Waals surface area contributed by atoms with Crippen molar-refractivity contribution in [3.8, 4) is 0 Å². The van der Waals surface area contributed by atoms with Gasteiger partial charge in [0.05, 0.1) is 5.02 Å². The fraction of sp³-hybridized carbons (Fsp3) is 0.625. The maximum Gasteiger partial charge on any atom is 0.141 e. The highest BCUT2D eigenvalue weighted by molar-refractivity contribution is 6.30. The van der Waals surface area contributed by atoms with Crippen molar-refractivity contribution in [3.63, 3.8) is 0 Å². The van der Waals surface area contributed by atoms with Gasteiger partial charge >= 0.3 is 0 Å². The lowest BCUT2D eigenvalue weighted by Crippen LogP contribution is -2.27. The number of hydrogen-bond acceptors (Lipinski definition) is 1. The predicted octanol–water partition coefficient (Wildman–Crippen LogP) is 4.19. The van der Waals surface area contributed by atoms with Crippen LogP contribution in [0.3, 0.4) is 0 Å². The summed E-state index contributed by atoms with van der Waals surface area (Å²) >= 11 is 5.86. The van der Waals surface area contributed by atoms with Gasteiger partial charge in [0.15, 0.2) is 0 Å². The second-order valence-electron chi connectivity index (χ2n) is 6.09. The van der Waals surface area contributed by atoms with Crippen LogP contribution in [-0.4, -0.2) is 12.6 Å². The van der Waals surface area contributed by atoms with E-state index < -0.39 is 0 Å². The molecule has 3 heteroatoms. The van der Waals surface area contributed by atoms with E-state index in [1.807, 2.05) is 6.07 Å². The Morgan fingerprint density at radius 3 is 2.68 bits per heavy atom. The molecule has 0 aromatic heterocycles. The summed E-state index contributed by atoms with van der Waals surface area (Å²) in [4.78, 5) is 0. The van der Waals surface area contributed by atoms with Gasteiger partial charge < -0.3 is 5.32 Å². The summed E-state index contributed by atoms with van der Waals surface area (Å²) in [6.07, 6.45) is 7.70. The van der Waals surface area contributed by atoms with Crippen LogP contribution in [0.4, 0.5) is 4.39 Å². The van der Waals surface area contributed by atoms with Crippen LogP contribution in [0.5, 0.6) is 0 Å². The summed E-state index contributed by atoms with van der Waals surface area (Å²) in [6, 6.07) is 5.96. The highest BCUT2D eigenvalue weighted by Gasteiger charge is 2.29. The fourth-order valence-corrected chi connectivity index (χ4v) is 3.43. The van der Waals surface area contributed by atoms with Crippen molar-refractivity contribution >= 4 is 11.6 Å². The monoisotopic (exact) mass is 281 g/mol. The molecule has 104 valence electrons. The minimum Gasteiger partial charge on any atom is -0.314 e. The van der Waals surface area contributed by atoms with Gasteiger partial charge in [-0.2, -0.15) is 0 Å². The van der Waals surface area contributed by atoms with E-state index in [0.29, 0.717) is 0 Å². The molecule has 2 aliphatic rings. The average molecular weight is 282 g/mol. The fourth-order valence-electron chi connectivity index (χ4n) is 3.23. The van der Waals surface area contributed by atoms with Crippen molar-refractivity contribution < 1.29 is 4.39 Å². The Balaban J connectivity index is 1.58. The van der Waals surface area contributed by atoms with Crippen molar-refractivity contribution in [2.75, 3.05) is 6.54 Å². The van der Waals surface area contributed by atoms with E-state index in [2.05, 4.69) is 5.32 Å². The Hall–Kier alpha value is -0.600. The Kier molecular flexibility index (Phi) is 4.09. The van der Waals surface area contributed by atoms with E-state index in [-0.39, 0.29) is 10.8 Å². The molecule has 2 unspecified atom stereocenters. The van der Waals surface area contributed by atoms with Crippen LogP contribution in [0.15, 0.2) is 18.2 Å². The molecule has 0 saturated heterocycles. The smallest absolute Gasteiger partial charge is 0.141 e. The van der Waals surface area contributed by atoms with Crippen LogP contribution < -0.4 is 5.32 Å². The first-order valence-electron chi connectivity index (χ1n) is 7.39. The first kappa shape index (κ1) is 13.4. The van der Waals surface area contributed by atoms with E-state index in [1.165, 1.54) is 43.7 Å². The lowest BCUT2D eigenvalue weighted by Gasteiger charge is -2.20. The van der Waals surface area contributed by atoms with Gasteiger partial charge in [-0.1, -0.05) is 24.1 Å². The first-order chi connectivity index (χ1) is 9.22. The van der Waals surface area contributed by atoms with Crippen molar-refractivity contribution in [1.82, 2.24) is 5.32 Å². The molecule has 1 aromatic rings. The minimum atomic E-state index is -0.316. The topological polar surface area (TPSA) is 12.0 Å². The maximum atomic E-state index is 13.2. The molecule has 3 rings (SSSR count). The third-order valence-corrected chi connectivity index (χ3v) is 4.83. The lowest BCUT2D eigenvalue weighted by molar-refractivity contribution is 0.364. The number of halogens is 2. The number of hydrogen-bond donors (Lipinski definition) is 1. The molecular weight excluding hydrogens is 261 g/mol. The number of benzene rings is 1. The standard InChI is InChI=1S/C16H21ClFN/c17-15-9-11(4-7-16(15)18)8-12-2-1-3-13(12)10-19-14-5-6-14/h4,7,9,12-14,19H,1-3,5-6,8,10H2. The van der Waals surface area contributed by atoms with Gasteiger partial charge in [-0.15, -0.1) is 0 Å². The van der Waals surface area contributed by atoms with Gasteiger partial charge in [-0.25, -0.2) is 4.39 Å². The average Bonchev–Trinajstić information content (AvgIpc) is 3.12. The van der Waals surface area contributed by atoms with Crippen molar-refractivity contribution in [3.05, 3.63) is 34.6 Å². The van der Waals surface area contributed by atoms with Crippen molar-refractivity contribution in [2.45, 2.75) is 44.6 Å². The molecule has 2 atom stereocenters. The second kappa shape index (κ2) is 5.80. The van der Waals surface area contributed by atoms with Crippen LogP contribution in [0.2, 0.25) is 5.02 Å². The van der Waals surface area contributed by atoms with E-state index in [4.69, 9.17) is 11.6 Å². The minimum absolute atomic E-state index is 0.253. The molecule has 0 heterocycles. The molecule has 0 amide bonds. The van der Waals surface area contributed by atoms with Gasteiger partial charge in [0.2, 0.25) is 0 Å². The molecule has 19 heavy (non-hydrogen) atoms. The van der Waals surface area contributed by atoms with E-state index in [0.717, 1.165) is 30.8 Å². The quantitative estimate of drug-likeness (QED) is 0.853. The summed E-state index contributed by atoms with van der Waals surface area (Å²) in [7, 11) is 0. The Morgan fingerprint density at radius 1 is 1.16 bits per heavy atom. The zero-order chi connectivity index (χ0) is 13.2. The maximum absolute atomic E-state index is 13.2. The molecule has 0 radical (unpaired) electrons. The van der Waals surface area contributed by atoms with Crippen molar-refractivity contribution in [1.29, 1.82) is 0 Å². The molecule has 0 aliphatic heterocycles. The van der Waals surface area contributed by atoms with E-state index >= 15 is 0 Å². The number of nitrogens with one attached hydrogen (secondary N) is 1. The van der Waals surface area contributed by atoms with E-state index in [1.54, 1.807) is 6.07 Å². The van der Waals surface area contributed by atoms with Crippen LogP contribution in [0, 0.1) is 17.7 Å². The Bertz CT molecular complexity index is 444. The molecule has 2 saturated carbocycles. The molecule has 2 fully saturated rings. The van der Waals surface area contributed by atoms with Crippen LogP contribution in [0.25, 0.3) is 0 Å². The second-order valence-corrected chi connectivity index (χ2v) is 6.49.